The van der Waals surface area contributed by atoms with E-state index in [9.17, 15) is 14.4 Å². The van der Waals surface area contributed by atoms with E-state index < -0.39 is 0 Å². The van der Waals surface area contributed by atoms with E-state index in [-0.39, 0.29) is 29.9 Å². The molecule has 32 heavy (non-hydrogen) atoms. The van der Waals surface area contributed by atoms with Crippen LogP contribution in [0.5, 0.6) is 11.5 Å². The Kier molecular flexibility index (Phi) is 5.99. The highest BCUT2D eigenvalue weighted by Gasteiger charge is 2.40. The highest BCUT2D eigenvalue weighted by Crippen LogP contribution is 2.46. The number of carbonyl (C=O) groups excluding carboxylic acids is 3. The molecule has 0 spiro atoms. The minimum Gasteiger partial charge on any atom is -0.497 e. The van der Waals surface area contributed by atoms with Crippen LogP contribution in [-0.4, -0.2) is 31.8 Å². The number of hydrogen-bond donors (Lipinski definition) is 1. The molecule has 1 heterocycles. The molecule has 0 aromatic heterocycles. The quantitative estimate of drug-likeness (QED) is 0.763. The summed E-state index contributed by atoms with van der Waals surface area (Å²) in [6, 6.07) is 12.5. The van der Waals surface area contributed by atoms with Gasteiger partial charge in [0, 0.05) is 53.9 Å². The van der Waals surface area contributed by atoms with Crippen LogP contribution in [0.1, 0.15) is 44.1 Å². The molecule has 1 unspecified atom stereocenters. The van der Waals surface area contributed by atoms with E-state index in [1.54, 1.807) is 55.5 Å². The first kappa shape index (κ1) is 21.6. The fourth-order valence-electron chi connectivity index (χ4n) is 4.57. The fourth-order valence-corrected chi connectivity index (χ4v) is 4.57. The standard InChI is InChI=1S/C25H26N2O5/c1-15(28)26-16-7-9-17(10-8-16)27-21-5-4-6-22(29)25(21)20(14-24(27)30)19-13-18(31-2)11-12-23(19)32-3/h7-13,20H,4-6,14H2,1-3H3,(H,26,28). The lowest BCUT2D eigenvalue weighted by Crippen LogP contribution is -2.40. The van der Waals surface area contributed by atoms with Crippen LogP contribution in [0, 0.1) is 0 Å². The van der Waals surface area contributed by atoms with Crippen LogP contribution < -0.4 is 19.7 Å². The Bertz CT molecular complexity index is 1100. The average molecular weight is 434 g/mol. The second-order valence-corrected chi connectivity index (χ2v) is 7.96. The van der Waals surface area contributed by atoms with Crippen LogP contribution in [0.25, 0.3) is 0 Å². The summed E-state index contributed by atoms with van der Waals surface area (Å²) in [7, 11) is 3.16. The summed E-state index contributed by atoms with van der Waals surface area (Å²) in [5.74, 6) is 0.709. The number of Topliss-reactive ketones (excluding diaryl/α,β-unsaturated/α-hetero) is 1. The Hall–Kier alpha value is -3.61. The highest BCUT2D eigenvalue weighted by atomic mass is 16.5. The minimum atomic E-state index is -0.384. The van der Waals surface area contributed by atoms with Crippen molar-refractivity contribution >= 4 is 29.0 Å². The number of hydrogen-bond acceptors (Lipinski definition) is 5. The maximum atomic E-state index is 13.4. The topological polar surface area (TPSA) is 84.9 Å². The molecule has 0 bridgehead atoms. The summed E-state index contributed by atoms with van der Waals surface area (Å²) < 4.78 is 10.9. The first-order valence-electron chi connectivity index (χ1n) is 10.6. The molecule has 2 aromatic rings. The van der Waals surface area contributed by atoms with E-state index in [0.717, 1.165) is 11.3 Å². The maximum Gasteiger partial charge on any atom is 0.232 e. The number of anilines is 2. The Balaban J connectivity index is 1.81. The van der Waals surface area contributed by atoms with Gasteiger partial charge in [-0.1, -0.05) is 0 Å². The van der Waals surface area contributed by atoms with Crippen LogP contribution in [0.4, 0.5) is 11.4 Å². The summed E-state index contributed by atoms with van der Waals surface area (Å²) >= 11 is 0. The van der Waals surface area contributed by atoms with E-state index in [1.807, 2.05) is 6.07 Å². The molecule has 1 aliphatic carbocycles. The normalized spacial score (nSPS) is 18.3. The zero-order valence-electron chi connectivity index (χ0n) is 18.4. The van der Waals surface area contributed by atoms with Gasteiger partial charge in [0.15, 0.2) is 5.78 Å². The van der Waals surface area contributed by atoms with Gasteiger partial charge in [-0.15, -0.1) is 0 Å². The summed E-state index contributed by atoms with van der Waals surface area (Å²) in [5, 5.41) is 2.73. The first-order chi connectivity index (χ1) is 15.4. The van der Waals surface area contributed by atoms with Gasteiger partial charge in [-0.3, -0.25) is 19.3 Å². The number of allylic oxidation sites excluding steroid dienone is 2. The second-order valence-electron chi connectivity index (χ2n) is 7.96. The van der Waals surface area contributed by atoms with Gasteiger partial charge in [0.05, 0.1) is 14.2 Å². The predicted octanol–water partition coefficient (Wildman–Crippen LogP) is 4.19. The third kappa shape index (κ3) is 3.98. The molecule has 1 N–H and O–H groups in total. The van der Waals surface area contributed by atoms with Gasteiger partial charge in [-0.2, -0.15) is 0 Å². The molecule has 166 valence electrons. The number of methoxy groups -OCH3 is 2. The summed E-state index contributed by atoms with van der Waals surface area (Å²) in [5.41, 5.74) is 3.54. The number of amides is 2. The summed E-state index contributed by atoms with van der Waals surface area (Å²) in [6.07, 6.45) is 1.96. The lowest BCUT2D eigenvalue weighted by atomic mass is 9.76. The molecular weight excluding hydrogens is 408 g/mol. The number of nitrogens with one attached hydrogen (secondary N) is 1. The van der Waals surface area contributed by atoms with Crippen LogP contribution in [0.2, 0.25) is 0 Å². The molecule has 1 atom stereocenters. The van der Waals surface area contributed by atoms with Crippen LogP contribution >= 0.6 is 0 Å². The van der Waals surface area contributed by atoms with Crippen LogP contribution in [0.15, 0.2) is 53.7 Å². The molecule has 0 fully saturated rings. The number of benzene rings is 2. The van der Waals surface area contributed by atoms with Crippen molar-refractivity contribution in [3.8, 4) is 11.5 Å². The molecule has 2 aliphatic rings. The molecule has 0 saturated carbocycles. The number of nitrogens with zero attached hydrogens (tertiary/aromatic N) is 1. The molecular formula is C25H26N2O5. The predicted molar refractivity (Wildman–Crippen MR) is 121 cm³/mol. The van der Waals surface area contributed by atoms with Gasteiger partial charge in [-0.05, 0) is 55.3 Å². The number of rotatable bonds is 5. The van der Waals surface area contributed by atoms with Gasteiger partial charge in [0.1, 0.15) is 11.5 Å². The highest BCUT2D eigenvalue weighted by molar-refractivity contribution is 6.07. The van der Waals surface area contributed by atoms with Crippen LogP contribution in [-0.2, 0) is 14.4 Å². The summed E-state index contributed by atoms with van der Waals surface area (Å²) in [4.78, 5) is 39.5. The monoisotopic (exact) mass is 434 g/mol. The molecule has 4 rings (SSSR count). The van der Waals surface area contributed by atoms with E-state index in [1.165, 1.54) is 6.92 Å². The van der Waals surface area contributed by atoms with Crippen molar-refractivity contribution in [1.29, 1.82) is 0 Å². The Labute approximate surface area is 187 Å². The fraction of sp³-hybridized carbons (Fsp3) is 0.320. The largest absolute Gasteiger partial charge is 0.497 e. The summed E-state index contributed by atoms with van der Waals surface area (Å²) in [6.45, 7) is 1.44. The average Bonchev–Trinajstić information content (AvgIpc) is 2.78. The third-order valence-electron chi connectivity index (χ3n) is 5.93. The minimum absolute atomic E-state index is 0.0634. The maximum absolute atomic E-state index is 13.4. The lowest BCUT2D eigenvalue weighted by molar-refractivity contribution is -0.120. The van der Waals surface area contributed by atoms with Crippen molar-refractivity contribution in [2.24, 2.45) is 0 Å². The van der Waals surface area contributed by atoms with Crippen molar-refractivity contribution in [3.05, 3.63) is 59.3 Å². The molecule has 0 radical (unpaired) electrons. The van der Waals surface area contributed by atoms with Crippen molar-refractivity contribution in [1.82, 2.24) is 0 Å². The third-order valence-corrected chi connectivity index (χ3v) is 5.93. The molecule has 0 saturated heterocycles. The Morgan fingerprint density at radius 2 is 1.78 bits per heavy atom. The zero-order valence-corrected chi connectivity index (χ0v) is 18.4. The smallest absolute Gasteiger partial charge is 0.232 e. The van der Waals surface area contributed by atoms with Crippen molar-refractivity contribution in [2.45, 2.75) is 38.5 Å². The number of ketones is 1. The lowest BCUT2D eigenvalue weighted by Gasteiger charge is -2.38. The number of ether oxygens (including phenoxy) is 2. The SMILES string of the molecule is COc1ccc(OC)c(C2CC(=O)N(c3ccc(NC(C)=O)cc3)C3=C2C(=O)CCC3)c1. The van der Waals surface area contributed by atoms with Crippen molar-refractivity contribution in [2.75, 3.05) is 24.4 Å². The molecule has 1 aliphatic heterocycles. The van der Waals surface area contributed by atoms with Crippen LogP contribution in [0.3, 0.4) is 0 Å². The second kappa shape index (κ2) is 8.86. The van der Waals surface area contributed by atoms with Gasteiger partial charge < -0.3 is 14.8 Å². The molecule has 7 nitrogen and oxygen atoms in total. The number of carbonyl (C=O) groups is 3. The Morgan fingerprint density at radius 1 is 1.03 bits per heavy atom. The molecule has 7 heteroatoms. The van der Waals surface area contributed by atoms with E-state index in [2.05, 4.69) is 5.32 Å². The molecule has 2 amide bonds. The van der Waals surface area contributed by atoms with E-state index in [4.69, 9.17) is 9.47 Å². The first-order valence-corrected chi connectivity index (χ1v) is 10.6. The van der Waals surface area contributed by atoms with Crippen molar-refractivity contribution in [3.63, 3.8) is 0 Å². The van der Waals surface area contributed by atoms with Gasteiger partial charge in [0.25, 0.3) is 0 Å². The molecule has 2 aromatic carbocycles. The zero-order chi connectivity index (χ0) is 22.8. The van der Waals surface area contributed by atoms with Crippen molar-refractivity contribution < 1.29 is 23.9 Å². The van der Waals surface area contributed by atoms with Gasteiger partial charge in [-0.25, -0.2) is 0 Å². The van der Waals surface area contributed by atoms with Gasteiger partial charge in [0.2, 0.25) is 11.8 Å². The van der Waals surface area contributed by atoms with E-state index >= 15 is 0 Å². The Morgan fingerprint density at radius 3 is 2.44 bits per heavy atom. The van der Waals surface area contributed by atoms with Gasteiger partial charge >= 0.3 is 0 Å². The van der Waals surface area contributed by atoms with E-state index in [0.29, 0.717) is 47.7 Å².